The summed E-state index contributed by atoms with van der Waals surface area (Å²) in [5, 5.41) is -0.264. The highest BCUT2D eigenvalue weighted by Gasteiger charge is 2.35. The monoisotopic (exact) mass is 263 g/mol. The minimum Gasteiger partial charge on any atom is -0.260 e. The molecule has 0 bridgehead atoms. The predicted molar refractivity (Wildman–Crippen MR) is 62.9 cm³/mol. The molecular formula is C12H13ClF3N. The van der Waals surface area contributed by atoms with Gasteiger partial charge in [-0.15, -0.1) is 0 Å². The van der Waals surface area contributed by atoms with E-state index in [2.05, 4.69) is 4.98 Å². The molecule has 0 saturated carbocycles. The topological polar surface area (TPSA) is 12.9 Å². The van der Waals surface area contributed by atoms with Gasteiger partial charge in [0.25, 0.3) is 0 Å². The minimum atomic E-state index is -4.47. The predicted octanol–water partition coefficient (Wildman–Crippen LogP) is 4.88. The molecule has 0 N–H and O–H groups in total. The lowest BCUT2D eigenvalue weighted by Gasteiger charge is -2.15. The van der Waals surface area contributed by atoms with Crippen LogP contribution in [0.4, 0.5) is 13.2 Å². The SMILES string of the molecule is CC=C(CC)c1c(C)ncc(C(F)(F)F)c1Cl. The average molecular weight is 264 g/mol. The summed E-state index contributed by atoms with van der Waals surface area (Å²) in [5.41, 5.74) is 0.795. The zero-order valence-corrected chi connectivity index (χ0v) is 10.6. The lowest BCUT2D eigenvalue weighted by molar-refractivity contribution is -0.137. The van der Waals surface area contributed by atoms with Crippen LogP contribution in [0.5, 0.6) is 0 Å². The molecule has 0 aromatic carbocycles. The summed E-state index contributed by atoms with van der Waals surface area (Å²) in [4.78, 5) is 3.78. The fraction of sp³-hybridized carbons (Fsp3) is 0.417. The maximum atomic E-state index is 12.7. The van der Waals surface area contributed by atoms with Crippen LogP contribution in [0.3, 0.4) is 0 Å². The van der Waals surface area contributed by atoms with Crippen LogP contribution in [0.15, 0.2) is 12.3 Å². The molecule has 0 aliphatic rings. The van der Waals surface area contributed by atoms with E-state index < -0.39 is 11.7 Å². The van der Waals surface area contributed by atoms with E-state index in [1.165, 1.54) is 0 Å². The van der Waals surface area contributed by atoms with Gasteiger partial charge in [-0.1, -0.05) is 24.6 Å². The summed E-state index contributed by atoms with van der Waals surface area (Å²) >= 11 is 5.85. The Morgan fingerprint density at radius 2 is 2.06 bits per heavy atom. The lowest BCUT2D eigenvalue weighted by atomic mass is 10.00. The highest BCUT2D eigenvalue weighted by molar-refractivity contribution is 6.33. The number of aryl methyl sites for hydroxylation is 1. The highest BCUT2D eigenvalue weighted by atomic mass is 35.5. The molecule has 0 saturated heterocycles. The molecule has 0 radical (unpaired) electrons. The van der Waals surface area contributed by atoms with Crippen molar-refractivity contribution in [3.05, 3.63) is 34.1 Å². The standard InChI is InChI=1S/C12H13ClF3N/c1-4-8(5-2)10-7(3)17-6-9(11(10)13)12(14,15)16/h4,6H,5H2,1-3H3. The molecule has 1 aromatic heterocycles. The molecule has 0 spiro atoms. The van der Waals surface area contributed by atoms with Crippen LogP contribution in [0.25, 0.3) is 5.57 Å². The van der Waals surface area contributed by atoms with Gasteiger partial charge in [0, 0.05) is 17.5 Å². The number of rotatable bonds is 2. The second kappa shape index (κ2) is 5.08. The Bertz CT molecular complexity index is 450. The van der Waals surface area contributed by atoms with Crippen molar-refractivity contribution < 1.29 is 13.2 Å². The zero-order chi connectivity index (χ0) is 13.2. The smallest absolute Gasteiger partial charge is 0.260 e. The molecule has 0 fully saturated rings. The Labute approximate surface area is 103 Å². The van der Waals surface area contributed by atoms with Crippen molar-refractivity contribution in [1.82, 2.24) is 4.98 Å². The van der Waals surface area contributed by atoms with Gasteiger partial charge in [-0.05, 0) is 25.8 Å². The van der Waals surface area contributed by atoms with Gasteiger partial charge in [0.05, 0.1) is 10.6 Å². The van der Waals surface area contributed by atoms with Crippen LogP contribution in [0.2, 0.25) is 5.02 Å². The van der Waals surface area contributed by atoms with E-state index >= 15 is 0 Å². The Balaban J connectivity index is 3.51. The normalized spacial score (nSPS) is 13.0. The van der Waals surface area contributed by atoms with Crippen LogP contribution in [0, 0.1) is 6.92 Å². The van der Waals surface area contributed by atoms with Gasteiger partial charge in [-0.2, -0.15) is 13.2 Å². The van der Waals surface area contributed by atoms with Crippen LogP contribution in [-0.2, 0) is 6.18 Å². The number of nitrogens with zero attached hydrogens (tertiary/aromatic N) is 1. The molecule has 0 amide bonds. The number of pyridine rings is 1. The summed E-state index contributed by atoms with van der Waals surface area (Å²) in [5.74, 6) is 0. The summed E-state index contributed by atoms with van der Waals surface area (Å²) in [6, 6.07) is 0. The van der Waals surface area contributed by atoms with Gasteiger partial charge < -0.3 is 0 Å². The number of allylic oxidation sites excluding steroid dienone is 2. The largest absolute Gasteiger partial charge is 0.419 e. The first-order chi connectivity index (χ1) is 7.82. The van der Waals surface area contributed by atoms with Crippen molar-refractivity contribution in [1.29, 1.82) is 0 Å². The van der Waals surface area contributed by atoms with Gasteiger partial charge in [0.1, 0.15) is 0 Å². The maximum absolute atomic E-state index is 12.7. The van der Waals surface area contributed by atoms with Crippen molar-refractivity contribution >= 4 is 17.2 Å². The van der Waals surface area contributed by atoms with Crippen LogP contribution >= 0.6 is 11.6 Å². The third-order valence-electron chi connectivity index (χ3n) is 2.56. The first-order valence-electron chi connectivity index (χ1n) is 5.20. The molecule has 94 valence electrons. The number of alkyl halides is 3. The zero-order valence-electron chi connectivity index (χ0n) is 9.82. The number of halogens is 4. The average Bonchev–Trinajstić information content (AvgIpc) is 2.22. The molecule has 1 rings (SSSR count). The fourth-order valence-electron chi connectivity index (χ4n) is 1.67. The van der Waals surface area contributed by atoms with Gasteiger partial charge in [0.2, 0.25) is 0 Å². The Morgan fingerprint density at radius 3 is 2.47 bits per heavy atom. The van der Waals surface area contributed by atoms with E-state index in [9.17, 15) is 13.2 Å². The quantitative estimate of drug-likeness (QED) is 0.741. The highest BCUT2D eigenvalue weighted by Crippen LogP contribution is 2.39. The maximum Gasteiger partial charge on any atom is 0.419 e. The summed E-state index contributed by atoms with van der Waals surface area (Å²) in [6.45, 7) is 5.29. The molecule has 0 unspecified atom stereocenters. The number of aromatic nitrogens is 1. The fourth-order valence-corrected chi connectivity index (χ4v) is 2.09. The Morgan fingerprint density at radius 1 is 1.47 bits per heavy atom. The van der Waals surface area contributed by atoms with E-state index in [-0.39, 0.29) is 5.02 Å². The summed E-state index contributed by atoms with van der Waals surface area (Å²) < 4.78 is 38.1. The van der Waals surface area contributed by atoms with Crippen molar-refractivity contribution in [2.45, 2.75) is 33.4 Å². The molecule has 1 heterocycles. The molecule has 5 heteroatoms. The molecule has 0 aliphatic heterocycles. The van der Waals surface area contributed by atoms with E-state index in [4.69, 9.17) is 11.6 Å². The molecule has 1 nitrogen and oxygen atoms in total. The second-order valence-corrected chi connectivity index (χ2v) is 3.99. The summed E-state index contributed by atoms with van der Waals surface area (Å²) in [7, 11) is 0. The van der Waals surface area contributed by atoms with E-state index in [0.717, 1.165) is 11.8 Å². The van der Waals surface area contributed by atoms with E-state index in [1.807, 2.05) is 6.92 Å². The number of hydrogen-bond donors (Lipinski definition) is 0. The third-order valence-corrected chi connectivity index (χ3v) is 2.95. The first-order valence-corrected chi connectivity index (χ1v) is 5.58. The number of hydrogen-bond acceptors (Lipinski definition) is 1. The molecular weight excluding hydrogens is 251 g/mol. The van der Waals surface area contributed by atoms with Crippen LogP contribution < -0.4 is 0 Å². The molecule has 0 atom stereocenters. The Hall–Kier alpha value is -1.03. The summed E-state index contributed by atoms with van der Waals surface area (Å²) in [6.07, 6.45) is -1.32. The molecule has 1 aromatic rings. The van der Waals surface area contributed by atoms with Gasteiger partial charge in [-0.25, -0.2) is 0 Å². The second-order valence-electron chi connectivity index (χ2n) is 3.61. The van der Waals surface area contributed by atoms with Crippen LogP contribution in [-0.4, -0.2) is 4.98 Å². The van der Waals surface area contributed by atoms with Crippen molar-refractivity contribution in [2.75, 3.05) is 0 Å². The van der Waals surface area contributed by atoms with Gasteiger partial charge >= 0.3 is 6.18 Å². The Kier molecular flexibility index (Phi) is 4.20. The first kappa shape index (κ1) is 14.0. The van der Waals surface area contributed by atoms with Gasteiger partial charge in [0.15, 0.2) is 0 Å². The van der Waals surface area contributed by atoms with Crippen molar-refractivity contribution in [2.24, 2.45) is 0 Å². The van der Waals surface area contributed by atoms with Crippen molar-refractivity contribution in [3.63, 3.8) is 0 Å². The van der Waals surface area contributed by atoms with Gasteiger partial charge in [-0.3, -0.25) is 4.98 Å². The third kappa shape index (κ3) is 2.80. The van der Waals surface area contributed by atoms with Crippen LogP contribution in [0.1, 0.15) is 37.1 Å². The molecule has 0 aliphatic carbocycles. The van der Waals surface area contributed by atoms with E-state index in [1.54, 1.807) is 19.9 Å². The van der Waals surface area contributed by atoms with E-state index in [0.29, 0.717) is 17.7 Å². The van der Waals surface area contributed by atoms with Crippen molar-refractivity contribution in [3.8, 4) is 0 Å². The lowest BCUT2D eigenvalue weighted by Crippen LogP contribution is -2.09. The minimum absolute atomic E-state index is 0.264. The molecule has 17 heavy (non-hydrogen) atoms.